The van der Waals surface area contributed by atoms with Crippen molar-refractivity contribution in [2.75, 3.05) is 0 Å². The lowest BCUT2D eigenvalue weighted by molar-refractivity contribution is -0.155. The number of carbonyl (C=O) groups excluding carboxylic acids is 2. The number of fused-ring (bicyclic) bond motifs is 5. The molecule has 1 fully saturated rings. The molecule has 0 saturated carbocycles. The van der Waals surface area contributed by atoms with Crippen molar-refractivity contribution in [2.45, 2.75) is 64.1 Å². The number of benzene rings is 1. The Hall–Kier alpha value is -2.83. The molecule has 0 aliphatic carbocycles. The Bertz CT molecular complexity index is 985. The number of ether oxygens (including phenoxy) is 1. The molecule has 28 heavy (non-hydrogen) atoms. The van der Waals surface area contributed by atoms with E-state index >= 15 is 0 Å². The lowest BCUT2D eigenvalue weighted by Gasteiger charge is -2.43. The average molecular weight is 384 g/mol. The lowest BCUT2D eigenvalue weighted by atomic mass is 9.86. The second-order valence-corrected chi connectivity index (χ2v) is 8.46. The summed E-state index contributed by atoms with van der Waals surface area (Å²) in [5.74, 6) is -1.18. The summed E-state index contributed by atoms with van der Waals surface area (Å²) >= 11 is 0. The van der Waals surface area contributed by atoms with Crippen LogP contribution in [0.5, 0.6) is 0 Å². The summed E-state index contributed by atoms with van der Waals surface area (Å²) in [7, 11) is 0. The first-order valence-electron chi connectivity index (χ1n) is 9.58. The van der Waals surface area contributed by atoms with Crippen molar-refractivity contribution in [3.8, 4) is 0 Å². The predicted molar refractivity (Wildman–Crippen MR) is 102 cm³/mol. The number of rotatable bonds is 1. The molecule has 0 radical (unpaired) electrons. The number of aromatic nitrogens is 1. The molecule has 2 aliphatic heterocycles. The van der Waals surface area contributed by atoms with E-state index in [0.717, 1.165) is 10.9 Å². The normalized spacial score (nSPS) is 22.0. The molecule has 1 amide bonds. The molecule has 3 heterocycles. The number of carboxylic acids is 1. The first-order valence-corrected chi connectivity index (χ1v) is 9.58. The largest absolute Gasteiger partial charge is 0.480 e. The van der Waals surface area contributed by atoms with Gasteiger partial charge in [-0.3, -0.25) is 4.79 Å². The third-order valence-corrected chi connectivity index (χ3v) is 5.42. The van der Waals surface area contributed by atoms with Crippen LogP contribution in [0, 0.1) is 0 Å². The number of carboxylic acid groups (broad SMARTS) is 1. The molecule has 2 atom stereocenters. The Morgan fingerprint density at radius 2 is 1.93 bits per heavy atom. The van der Waals surface area contributed by atoms with Gasteiger partial charge in [0.2, 0.25) is 5.91 Å². The van der Waals surface area contributed by atoms with Gasteiger partial charge in [0.1, 0.15) is 11.6 Å². The standard InChI is InChI=1S/C21H24N2O5/c1-21(2,3)28-20(27)23-14-8-5-4-7-12(14)13-11-16(19(25)26)22-15(18(13)23)9-6-10-17(22)24/h4-5,7-8,15-16H,6,9-11H2,1-3H3,(H,25,26)/t15-,16+/m1/s1. The molecule has 7 nitrogen and oxygen atoms in total. The maximum Gasteiger partial charge on any atom is 0.419 e. The fraction of sp³-hybridized carbons (Fsp3) is 0.476. The number of hydrogen-bond acceptors (Lipinski definition) is 4. The monoisotopic (exact) mass is 384 g/mol. The Morgan fingerprint density at radius 1 is 1.21 bits per heavy atom. The van der Waals surface area contributed by atoms with Crippen molar-refractivity contribution >= 4 is 28.9 Å². The van der Waals surface area contributed by atoms with Crippen molar-refractivity contribution in [2.24, 2.45) is 0 Å². The van der Waals surface area contributed by atoms with Crippen molar-refractivity contribution in [3.05, 3.63) is 35.5 Å². The molecular weight excluding hydrogens is 360 g/mol. The molecule has 2 aromatic rings. The lowest BCUT2D eigenvalue weighted by Crippen LogP contribution is -2.53. The van der Waals surface area contributed by atoms with Gasteiger partial charge in [0, 0.05) is 18.2 Å². The van der Waals surface area contributed by atoms with E-state index in [2.05, 4.69) is 0 Å². The third kappa shape index (κ3) is 2.85. The van der Waals surface area contributed by atoms with Crippen LogP contribution in [-0.2, 0) is 20.7 Å². The van der Waals surface area contributed by atoms with Crippen LogP contribution >= 0.6 is 0 Å². The minimum absolute atomic E-state index is 0.171. The summed E-state index contributed by atoms with van der Waals surface area (Å²) in [6.45, 7) is 5.42. The molecule has 1 aromatic carbocycles. The van der Waals surface area contributed by atoms with Crippen LogP contribution in [0.4, 0.5) is 4.79 Å². The van der Waals surface area contributed by atoms with Crippen LogP contribution < -0.4 is 0 Å². The van der Waals surface area contributed by atoms with Gasteiger partial charge < -0.3 is 14.7 Å². The number of piperidine rings is 1. The Morgan fingerprint density at radius 3 is 2.61 bits per heavy atom. The van der Waals surface area contributed by atoms with Gasteiger partial charge in [-0.25, -0.2) is 14.2 Å². The van der Waals surface area contributed by atoms with E-state index in [4.69, 9.17) is 4.74 Å². The van der Waals surface area contributed by atoms with Gasteiger partial charge in [0.15, 0.2) is 0 Å². The quantitative estimate of drug-likeness (QED) is 0.813. The van der Waals surface area contributed by atoms with Gasteiger partial charge in [0.25, 0.3) is 0 Å². The molecule has 148 valence electrons. The van der Waals surface area contributed by atoms with Gasteiger partial charge in [-0.15, -0.1) is 0 Å². The zero-order valence-corrected chi connectivity index (χ0v) is 16.3. The van der Waals surface area contributed by atoms with E-state index in [1.54, 1.807) is 25.3 Å². The van der Waals surface area contributed by atoms with Gasteiger partial charge in [-0.05, 0) is 45.2 Å². The third-order valence-electron chi connectivity index (χ3n) is 5.42. The van der Waals surface area contributed by atoms with Crippen LogP contribution in [0.1, 0.15) is 57.3 Å². The first-order chi connectivity index (χ1) is 13.2. The van der Waals surface area contributed by atoms with E-state index in [9.17, 15) is 19.5 Å². The summed E-state index contributed by atoms with van der Waals surface area (Å²) in [5, 5.41) is 10.6. The highest BCUT2D eigenvalue weighted by molar-refractivity contribution is 5.96. The zero-order valence-electron chi connectivity index (χ0n) is 16.3. The average Bonchev–Trinajstić information content (AvgIpc) is 2.94. The molecule has 0 spiro atoms. The summed E-state index contributed by atoms with van der Waals surface area (Å²) in [5.41, 5.74) is 1.53. The fourth-order valence-electron chi connectivity index (χ4n) is 4.44. The SMILES string of the molecule is CC(C)(C)OC(=O)n1c2c(c3ccccc31)C[C@@H](C(=O)O)N1C(=O)CCC[C@H]21. The van der Waals surface area contributed by atoms with Crippen LogP contribution in [0.3, 0.4) is 0 Å². The molecule has 7 heteroatoms. The van der Waals surface area contributed by atoms with Gasteiger partial charge in [-0.1, -0.05) is 18.2 Å². The van der Waals surface area contributed by atoms with Gasteiger partial charge >= 0.3 is 12.1 Å². The molecule has 0 unspecified atom stereocenters. The molecule has 2 aliphatic rings. The summed E-state index contributed by atoms with van der Waals surface area (Å²) in [6, 6.07) is 6.09. The highest BCUT2D eigenvalue weighted by Crippen LogP contribution is 2.44. The van der Waals surface area contributed by atoms with Crippen molar-refractivity contribution < 1.29 is 24.2 Å². The summed E-state index contributed by atoms with van der Waals surface area (Å²) < 4.78 is 7.19. The van der Waals surface area contributed by atoms with Crippen LogP contribution in [0.25, 0.3) is 10.9 Å². The summed E-state index contributed by atoms with van der Waals surface area (Å²) in [4.78, 5) is 39.1. The molecular formula is C21H24N2O5. The zero-order chi connectivity index (χ0) is 20.2. The minimum atomic E-state index is -1.01. The predicted octanol–water partition coefficient (Wildman–Crippen LogP) is 3.49. The maximum absolute atomic E-state index is 13.1. The Kier molecular flexibility index (Phi) is 4.21. The topological polar surface area (TPSA) is 88.8 Å². The van der Waals surface area contributed by atoms with E-state index in [0.29, 0.717) is 30.5 Å². The fourth-order valence-corrected chi connectivity index (χ4v) is 4.44. The van der Waals surface area contributed by atoms with Crippen LogP contribution in [-0.4, -0.2) is 44.2 Å². The first kappa shape index (κ1) is 18.5. The second-order valence-electron chi connectivity index (χ2n) is 8.46. The number of hydrogen-bond donors (Lipinski definition) is 1. The van der Waals surface area contributed by atoms with E-state index in [1.165, 1.54) is 4.90 Å². The molecule has 0 bridgehead atoms. The second kappa shape index (κ2) is 6.36. The van der Waals surface area contributed by atoms with E-state index in [1.807, 2.05) is 24.3 Å². The van der Waals surface area contributed by atoms with Crippen molar-refractivity contribution in [3.63, 3.8) is 0 Å². The Labute approximate surface area is 162 Å². The number of carbonyl (C=O) groups is 3. The number of amides is 1. The van der Waals surface area contributed by atoms with Gasteiger partial charge in [0.05, 0.1) is 17.3 Å². The molecule has 1 aromatic heterocycles. The number of para-hydroxylation sites is 1. The van der Waals surface area contributed by atoms with Crippen LogP contribution in [0.15, 0.2) is 24.3 Å². The highest BCUT2D eigenvalue weighted by Gasteiger charge is 2.46. The summed E-state index contributed by atoms with van der Waals surface area (Å²) in [6.07, 6.45) is 1.31. The van der Waals surface area contributed by atoms with Gasteiger partial charge in [-0.2, -0.15) is 0 Å². The highest BCUT2D eigenvalue weighted by atomic mass is 16.6. The van der Waals surface area contributed by atoms with E-state index in [-0.39, 0.29) is 12.3 Å². The molecule has 1 N–H and O–H groups in total. The van der Waals surface area contributed by atoms with Crippen LogP contribution in [0.2, 0.25) is 0 Å². The Balaban J connectivity index is 1.96. The maximum atomic E-state index is 13.1. The smallest absolute Gasteiger partial charge is 0.419 e. The molecule has 1 saturated heterocycles. The van der Waals surface area contributed by atoms with Crippen molar-refractivity contribution in [1.82, 2.24) is 9.47 Å². The number of aliphatic carboxylic acids is 1. The number of nitrogens with zero attached hydrogens (tertiary/aromatic N) is 2. The minimum Gasteiger partial charge on any atom is -0.480 e. The molecule has 4 rings (SSSR count). The van der Waals surface area contributed by atoms with E-state index < -0.39 is 29.7 Å². The van der Waals surface area contributed by atoms with Crippen molar-refractivity contribution in [1.29, 1.82) is 0 Å².